The lowest BCUT2D eigenvalue weighted by atomic mass is 10.1. The molecule has 0 aromatic heterocycles. The second-order valence-electron chi connectivity index (χ2n) is 6.29. The Hall–Kier alpha value is -3.02. The van der Waals surface area contributed by atoms with Crippen LogP contribution in [0.3, 0.4) is 0 Å². The van der Waals surface area contributed by atoms with Gasteiger partial charge in [-0.1, -0.05) is 35.3 Å². The van der Waals surface area contributed by atoms with Crippen molar-refractivity contribution in [2.24, 2.45) is 0 Å². The van der Waals surface area contributed by atoms with Gasteiger partial charge in [-0.2, -0.15) is 0 Å². The van der Waals surface area contributed by atoms with Crippen molar-refractivity contribution < 1.29 is 23.8 Å². The lowest BCUT2D eigenvalue weighted by molar-refractivity contribution is 0.0474. The maximum atomic E-state index is 12.3. The molecule has 3 aromatic rings. The largest absolute Gasteiger partial charge is 0.493 e. The molecule has 0 N–H and O–H groups in total. The Morgan fingerprint density at radius 3 is 2.03 bits per heavy atom. The summed E-state index contributed by atoms with van der Waals surface area (Å²) in [6.07, 6.45) is 0. The number of ether oxygens (including phenoxy) is 3. The molecule has 0 saturated carbocycles. The number of benzene rings is 3. The fraction of sp³-hybridized carbons (Fsp3) is 0.130. The second kappa shape index (κ2) is 10.1. The number of halogens is 2. The maximum Gasteiger partial charge on any atom is 0.338 e. The van der Waals surface area contributed by atoms with Crippen molar-refractivity contribution >= 4 is 35.0 Å². The number of hydrogen-bond donors (Lipinski definition) is 0. The first-order valence-electron chi connectivity index (χ1n) is 8.97. The van der Waals surface area contributed by atoms with Crippen LogP contribution in [-0.2, 0) is 11.3 Å². The molecule has 3 aromatic carbocycles. The Morgan fingerprint density at radius 1 is 0.800 bits per heavy atom. The average molecular weight is 445 g/mol. The Balaban J connectivity index is 1.61. The average Bonchev–Trinajstić information content (AvgIpc) is 2.77. The first kappa shape index (κ1) is 21.7. The number of Topliss-reactive ketones (excluding diaryl/α,β-unsaturated/α-hetero) is 1. The summed E-state index contributed by atoms with van der Waals surface area (Å²) in [5.41, 5.74) is 1.59. The van der Waals surface area contributed by atoms with Gasteiger partial charge >= 0.3 is 5.97 Å². The van der Waals surface area contributed by atoms with Gasteiger partial charge in [0.1, 0.15) is 6.61 Å². The van der Waals surface area contributed by atoms with Gasteiger partial charge in [-0.05, 0) is 60.2 Å². The number of carbonyl (C=O) groups is 2. The van der Waals surface area contributed by atoms with E-state index >= 15 is 0 Å². The van der Waals surface area contributed by atoms with Crippen molar-refractivity contribution in [3.8, 4) is 11.5 Å². The highest BCUT2D eigenvalue weighted by molar-refractivity contribution is 6.30. The lowest BCUT2D eigenvalue weighted by Gasteiger charge is -2.12. The molecule has 30 heavy (non-hydrogen) atoms. The quantitative estimate of drug-likeness (QED) is 0.333. The SMILES string of the molecule is COc1cc(C(=O)OCC(=O)c2ccc(Cl)cc2)ccc1OCc1ccc(Cl)cc1. The number of ketones is 1. The van der Waals surface area contributed by atoms with E-state index in [9.17, 15) is 9.59 Å². The van der Waals surface area contributed by atoms with E-state index in [1.165, 1.54) is 13.2 Å². The molecule has 7 heteroatoms. The van der Waals surface area contributed by atoms with Crippen molar-refractivity contribution in [3.63, 3.8) is 0 Å². The fourth-order valence-electron chi connectivity index (χ4n) is 2.59. The normalized spacial score (nSPS) is 10.4. The van der Waals surface area contributed by atoms with Crippen LogP contribution in [-0.4, -0.2) is 25.5 Å². The minimum absolute atomic E-state index is 0.245. The number of carbonyl (C=O) groups excluding carboxylic acids is 2. The van der Waals surface area contributed by atoms with Crippen molar-refractivity contribution in [2.75, 3.05) is 13.7 Å². The summed E-state index contributed by atoms with van der Waals surface area (Å²) in [7, 11) is 1.48. The van der Waals surface area contributed by atoms with E-state index in [4.69, 9.17) is 37.4 Å². The first-order valence-corrected chi connectivity index (χ1v) is 9.73. The number of esters is 1. The van der Waals surface area contributed by atoms with Crippen LogP contribution in [0.2, 0.25) is 10.0 Å². The molecule has 0 fully saturated rings. The van der Waals surface area contributed by atoms with Crippen LogP contribution in [0, 0.1) is 0 Å². The van der Waals surface area contributed by atoms with Gasteiger partial charge in [0.15, 0.2) is 23.9 Å². The number of methoxy groups -OCH3 is 1. The van der Waals surface area contributed by atoms with Gasteiger partial charge in [-0.15, -0.1) is 0 Å². The summed E-state index contributed by atoms with van der Waals surface area (Å²) in [6, 6.07) is 18.3. The number of hydrogen-bond acceptors (Lipinski definition) is 5. The summed E-state index contributed by atoms with van der Waals surface area (Å²) in [5, 5.41) is 1.17. The van der Waals surface area contributed by atoms with Gasteiger partial charge in [-0.3, -0.25) is 4.79 Å². The van der Waals surface area contributed by atoms with Crippen LogP contribution >= 0.6 is 23.2 Å². The Morgan fingerprint density at radius 2 is 1.40 bits per heavy atom. The van der Waals surface area contributed by atoms with Crippen molar-refractivity contribution in [2.45, 2.75) is 6.61 Å². The minimum Gasteiger partial charge on any atom is -0.493 e. The molecule has 0 aliphatic carbocycles. The molecule has 0 heterocycles. The van der Waals surface area contributed by atoms with Crippen LogP contribution in [0.5, 0.6) is 11.5 Å². The standard InChI is InChI=1S/C23H18Cl2O5/c1-28-22-12-17(6-11-21(22)29-13-15-2-7-18(24)8-3-15)23(27)30-14-20(26)16-4-9-19(25)10-5-16/h2-12H,13-14H2,1H3. The lowest BCUT2D eigenvalue weighted by Crippen LogP contribution is -2.14. The smallest absolute Gasteiger partial charge is 0.338 e. The molecule has 154 valence electrons. The van der Waals surface area contributed by atoms with E-state index in [-0.39, 0.29) is 18.0 Å². The van der Waals surface area contributed by atoms with E-state index in [1.807, 2.05) is 12.1 Å². The Labute approximate surface area is 184 Å². The fourth-order valence-corrected chi connectivity index (χ4v) is 2.84. The molecule has 5 nitrogen and oxygen atoms in total. The monoisotopic (exact) mass is 444 g/mol. The first-order chi connectivity index (χ1) is 14.5. The van der Waals surface area contributed by atoms with Gasteiger partial charge in [-0.25, -0.2) is 4.79 Å². The summed E-state index contributed by atoms with van der Waals surface area (Å²) in [5.74, 6) is -0.113. The third-order valence-corrected chi connectivity index (χ3v) is 4.71. The second-order valence-corrected chi connectivity index (χ2v) is 7.16. The predicted molar refractivity (Wildman–Crippen MR) is 115 cm³/mol. The third-order valence-electron chi connectivity index (χ3n) is 4.21. The predicted octanol–water partition coefficient (Wildman–Crippen LogP) is 5.62. The zero-order chi connectivity index (χ0) is 21.5. The zero-order valence-electron chi connectivity index (χ0n) is 16.1. The van der Waals surface area contributed by atoms with Crippen LogP contribution in [0.4, 0.5) is 0 Å². The van der Waals surface area contributed by atoms with E-state index in [2.05, 4.69) is 0 Å². The molecule has 0 spiro atoms. The topological polar surface area (TPSA) is 61.8 Å². The molecule has 0 unspecified atom stereocenters. The highest BCUT2D eigenvalue weighted by Gasteiger charge is 2.15. The van der Waals surface area contributed by atoms with E-state index in [0.717, 1.165) is 5.56 Å². The Kier molecular flexibility index (Phi) is 7.33. The highest BCUT2D eigenvalue weighted by atomic mass is 35.5. The summed E-state index contributed by atoms with van der Waals surface area (Å²) >= 11 is 11.7. The number of rotatable bonds is 8. The summed E-state index contributed by atoms with van der Waals surface area (Å²) in [4.78, 5) is 24.5. The van der Waals surface area contributed by atoms with Gasteiger partial charge in [0, 0.05) is 15.6 Å². The molecular weight excluding hydrogens is 427 g/mol. The van der Waals surface area contributed by atoms with Crippen molar-refractivity contribution in [3.05, 3.63) is 93.5 Å². The van der Waals surface area contributed by atoms with E-state index < -0.39 is 5.97 Å². The third kappa shape index (κ3) is 5.75. The minimum atomic E-state index is -0.639. The molecule has 0 aliphatic rings. The van der Waals surface area contributed by atoms with Crippen molar-refractivity contribution in [1.82, 2.24) is 0 Å². The summed E-state index contributed by atoms with van der Waals surface area (Å²) in [6.45, 7) is -0.0650. The summed E-state index contributed by atoms with van der Waals surface area (Å²) < 4.78 is 16.2. The van der Waals surface area contributed by atoms with E-state index in [1.54, 1.807) is 48.5 Å². The molecule has 0 saturated heterocycles. The van der Waals surface area contributed by atoms with Crippen LogP contribution in [0.15, 0.2) is 66.7 Å². The molecule has 3 rings (SSSR count). The molecule has 0 atom stereocenters. The van der Waals surface area contributed by atoms with E-state index in [0.29, 0.717) is 33.7 Å². The highest BCUT2D eigenvalue weighted by Crippen LogP contribution is 2.29. The molecular formula is C23H18Cl2O5. The molecule has 0 aliphatic heterocycles. The van der Waals surface area contributed by atoms with Gasteiger partial charge in [0.2, 0.25) is 0 Å². The zero-order valence-corrected chi connectivity index (χ0v) is 17.6. The van der Waals surface area contributed by atoms with Gasteiger partial charge < -0.3 is 14.2 Å². The molecule has 0 amide bonds. The molecule has 0 radical (unpaired) electrons. The van der Waals surface area contributed by atoms with Crippen LogP contribution < -0.4 is 9.47 Å². The van der Waals surface area contributed by atoms with Crippen LogP contribution in [0.1, 0.15) is 26.3 Å². The van der Waals surface area contributed by atoms with Crippen molar-refractivity contribution in [1.29, 1.82) is 0 Å². The Bertz CT molecular complexity index is 1030. The van der Waals surface area contributed by atoms with Crippen LogP contribution in [0.25, 0.3) is 0 Å². The maximum absolute atomic E-state index is 12.3. The van der Waals surface area contributed by atoms with Gasteiger partial charge in [0.25, 0.3) is 0 Å². The van der Waals surface area contributed by atoms with Gasteiger partial charge in [0.05, 0.1) is 12.7 Å². The molecule has 0 bridgehead atoms.